The highest BCUT2D eigenvalue weighted by molar-refractivity contribution is 9.10. The minimum atomic E-state index is -0.506. The molecule has 0 spiro atoms. The molecule has 2 rings (SSSR count). The zero-order chi connectivity index (χ0) is 15.6. The van der Waals surface area contributed by atoms with Gasteiger partial charge >= 0.3 is 0 Å². The number of carbonyl (C=O) groups is 1. The van der Waals surface area contributed by atoms with Crippen molar-refractivity contribution in [1.29, 1.82) is 0 Å². The molecule has 1 heterocycles. The van der Waals surface area contributed by atoms with Crippen LogP contribution >= 0.6 is 15.9 Å². The van der Waals surface area contributed by atoms with Crippen molar-refractivity contribution in [2.45, 2.75) is 19.9 Å². The molecule has 6 nitrogen and oxygen atoms in total. The summed E-state index contributed by atoms with van der Waals surface area (Å²) in [5.74, 6) is -0.385. The van der Waals surface area contributed by atoms with Crippen LogP contribution in [0.5, 0.6) is 0 Å². The topological polar surface area (TPSA) is 77.2 Å². The fourth-order valence-electron chi connectivity index (χ4n) is 1.92. The quantitative estimate of drug-likeness (QED) is 0.668. The predicted molar refractivity (Wildman–Crippen MR) is 83.6 cm³/mol. The van der Waals surface area contributed by atoms with Crippen molar-refractivity contribution in [3.63, 3.8) is 0 Å². The van der Waals surface area contributed by atoms with Crippen LogP contribution in [0.3, 0.4) is 0 Å². The Hall–Kier alpha value is -2.15. The van der Waals surface area contributed by atoms with E-state index < -0.39 is 4.92 Å². The van der Waals surface area contributed by atoms with Crippen LogP contribution in [0.15, 0.2) is 41.0 Å². The first-order valence-electron chi connectivity index (χ1n) is 6.32. The molecule has 21 heavy (non-hydrogen) atoms. The first-order valence-corrected chi connectivity index (χ1v) is 7.11. The molecule has 0 bridgehead atoms. The number of hydrogen-bond acceptors (Lipinski definition) is 3. The molecule has 1 aromatic carbocycles. The van der Waals surface area contributed by atoms with Gasteiger partial charge in [-0.05, 0) is 41.9 Å². The van der Waals surface area contributed by atoms with Gasteiger partial charge in [0.25, 0.3) is 11.6 Å². The Morgan fingerprint density at radius 3 is 2.62 bits per heavy atom. The fourth-order valence-corrected chi connectivity index (χ4v) is 2.31. The zero-order valence-corrected chi connectivity index (χ0v) is 13.1. The first kappa shape index (κ1) is 15.2. The minimum absolute atomic E-state index is 0.0568. The summed E-state index contributed by atoms with van der Waals surface area (Å²) < 4.78 is 2.33. The van der Waals surface area contributed by atoms with E-state index in [1.165, 1.54) is 12.3 Å². The Morgan fingerprint density at radius 2 is 2.05 bits per heavy atom. The standard InChI is InChI=1S/C14H14BrN3O3/c1-9(2)17-8-10(18(20)21)7-13(17)14(19)16-12-6-4-3-5-11(12)15/h3-9H,1-2H3,(H,16,19). The van der Waals surface area contributed by atoms with Crippen molar-refractivity contribution in [2.75, 3.05) is 5.32 Å². The molecule has 0 radical (unpaired) electrons. The number of hydrogen-bond donors (Lipinski definition) is 1. The van der Waals surface area contributed by atoms with E-state index in [0.29, 0.717) is 5.69 Å². The number of nitro groups is 1. The Kier molecular flexibility index (Phi) is 4.42. The highest BCUT2D eigenvalue weighted by atomic mass is 79.9. The molecule has 0 saturated carbocycles. The van der Waals surface area contributed by atoms with Crippen LogP contribution in [0, 0.1) is 10.1 Å². The average molecular weight is 352 g/mol. The lowest BCUT2D eigenvalue weighted by molar-refractivity contribution is -0.384. The van der Waals surface area contributed by atoms with E-state index in [9.17, 15) is 14.9 Å². The Bertz CT molecular complexity index is 695. The third kappa shape index (κ3) is 3.30. The highest BCUT2D eigenvalue weighted by Gasteiger charge is 2.21. The Labute approximate surface area is 130 Å². The molecule has 1 aromatic heterocycles. The van der Waals surface area contributed by atoms with Gasteiger partial charge in [-0.1, -0.05) is 12.1 Å². The lowest BCUT2D eigenvalue weighted by Gasteiger charge is -2.12. The maximum atomic E-state index is 12.4. The van der Waals surface area contributed by atoms with E-state index in [2.05, 4.69) is 21.2 Å². The summed E-state index contributed by atoms with van der Waals surface area (Å²) in [4.78, 5) is 22.7. The van der Waals surface area contributed by atoms with Crippen LogP contribution in [-0.4, -0.2) is 15.4 Å². The molecule has 110 valence electrons. The number of halogens is 1. The molecule has 0 aliphatic heterocycles. The SMILES string of the molecule is CC(C)n1cc([N+](=O)[O-])cc1C(=O)Nc1ccccc1Br. The number of carbonyl (C=O) groups excluding carboxylic acids is 1. The molecule has 7 heteroatoms. The second kappa shape index (κ2) is 6.09. The van der Waals surface area contributed by atoms with Gasteiger partial charge in [0.15, 0.2) is 0 Å². The Balaban J connectivity index is 2.35. The summed E-state index contributed by atoms with van der Waals surface area (Å²) in [7, 11) is 0. The van der Waals surface area contributed by atoms with Crippen LogP contribution in [0.4, 0.5) is 11.4 Å². The second-order valence-electron chi connectivity index (χ2n) is 4.78. The van der Waals surface area contributed by atoms with Crippen LogP contribution in [-0.2, 0) is 0 Å². The largest absolute Gasteiger partial charge is 0.335 e. The molecule has 0 saturated heterocycles. The summed E-state index contributed by atoms with van der Waals surface area (Å²) in [5, 5.41) is 13.6. The predicted octanol–water partition coefficient (Wildman–Crippen LogP) is 3.99. The third-order valence-electron chi connectivity index (χ3n) is 2.96. The van der Waals surface area contributed by atoms with Gasteiger partial charge in [0, 0.05) is 16.6 Å². The molecular weight excluding hydrogens is 338 g/mol. The van der Waals surface area contributed by atoms with E-state index in [1.807, 2.05) is 19.9 Å². The van der Waals surface area contributed by atoms with Gasteiger partial charge in [-0.3, -0.25) is 14.9 Å². The molecule has 2 aromatic rings. The molecule has 0 aliphatic carbocycles. The number of rotatable bonds is 4. The van der Waals surface area contributed by atoms with E-state index in [1.54, 1.807) is 22.8 Å². The molecule has 0 unspecified atom stereocenters. The van der Waals surface area contributed by atoms with Gasteiger partial charge in [0.05, 0.1) is 16.8 Å². The van der Waals surface area contributed by atoms with Crippen molar-refractivity contribution in [3.05, 3.63) is 56.8 Å². The smallest absolute Gasteiger partial charge is 0.287 e. The minimum Gasteiger partial charge on any atom is -0.335 e. The molecular formula is C14H14BrN3O3. The zero-order valence-electron chi connectivity index (χ0n) is 11.5. The number of para-hydroxylation sites is 1. The number of aromatic nitrogens is 1. The second-order valence-corrected chi connectivity index (χ2v) is 5.63. The number of nitrogens with one attached hydrogen (secondary N) is 1. The molecule has 0 fully saturated rings. The van der Waals surface area contributed by atoms with E-state index >= 15 is 0 Å². The lowest BCUT2D eigenvalue weighted by atomic mass is 10.3. The van der Waals surface area contributed by atoms with Crippen molar-refractivity contribution >= 4 is 33.2 Å². The Morgan fingerprint density at radius 1 is 1.38 bits per heavy atom. The number of amides is 1. The molecule has 1 amide bonds. The molecule has 0 aliphatic rings. The summed E-state index contributed by atoms with van der Waals surface area (Å²) in [6.45, 7) is 3.72. The van der Waals surface area contributed by atoms with Crippen LogP contribution < -0.4 is 5.32 Å². The summed E-state index contributed by atoms with van der Waals surface area (Å²) in [6.07, 6.45) is 1.37. The summed E-state index contributed by atoms with van der Waals surface area (Å²) in [6, 6.07) is 8.41. The van der Waals surface area contributed by atoms with Crippen LogP contribution in [0.25, 0.3) is 0 Å². The van der Waals surface area contributed by atoms with E-state index in [0.717, 1.165) is 4.47 Å². The van der Waals surface area contributed by atoms with E-state index in [4.69, 9.17) is 0 Å². The maximum absolute atomic E-state index is 12.4. The highest BCUT2D eigenvalue weighted by Crippen LogP contribution is 2.24. The summed E-state index contributed by atoms with van der Waals surface area (Å²) in [5.41, 5.74) is 0.773. The van der Waals surface area contributed by atoms with Gasteiger partial charge in [-0.2, -0.15) is 0 Å². The normalized spacial score (nSPS) is 10.7. The summed E-state index contributed by atoms with van der Waals surface area (Å²) >= 11 is 3.34. The van der Waals surface area contributed by atoms with E-state index in [-0.39, 0.29) is 23.3 Å². The average Bonchev–Trinajstić information content (AvgIpc) is 2.87. The maximum Gasteiger partial charge on any atom is 0.287 e. The third-order valence-corrected chi connectivity index (χ3v) is 3.65. The lowest BCUT2D eigenvalue weighted by Crippen LogP contribution is -2.17. The number of benzene rings is 1. The number of anilines is 1. The van der Waals surface area contributed by atoms with Crippen molar-refractivity contribution in [1.82, 2.24) is 4.57 Å². The van der Waals surface area contributed by atoms with Gasteiger partial charge in [0.2, 0.25) is 0 Å². The molecule has 1 N–H and O–H groups in total. The van der Waals surface area contributed by atoms with Crippen LogP contribution in [0.2, 0.25) is 0 Å². The number of nitrogens with zero attached hydrogens (tertiary/aromatic N) is 2. The van der Waals surface area contributed by atoms with Crippen molar-refractivity contribution in [3.8, 4) is 0 Å². The monoisotopic (exact) mass is 351 g/mol. The van der Waals surface area contributed by atoms with Crippen LogP contribution in [0.1, 0.15) is 30.4 Å². The fraction of sp³-hybridized carbons (Fsp3) is 0.214. The van der Waals surface area contributed by atoms with Gasteiger partial charge in [-0.15, -0.1) is 0 Å². The van der Waals surface area contributed by atoms with Gasteiger partial charge in [0.1, 0.15) is 5.69 Å². The van der Waals surface area contributed by atoms with Gasteiger partial charge < -0.3 is 9.88 Å². The van der Waals surface area contributed by atoms with Crippen molar-refractivity contribution in [2.24, 2.45) is 0 Å². The van der Waals surface area contributed by atoms with Gasteiger partial charge in [-0.25, -0.2) is 0 Å². The molecule has 0 atom stereocenters. The van der Waals surface area contributed by atoms with Crippen molar-refractivity contribution < 1.29 is 9.72 Å². The first-order chi connectivity index (χ1) is 9.90.